The summed E-state index contributed by atoms with van der Waals surface area (Å²) in [5.41, 5.74) is 0.952. The molecule has 1 atom stereocenters. The number of rotatable bonds is 7. The van der Waals surface area contributed by atoms with Crippen molar-refractivity contribution in [3.63, 3.8) is 0 Å². The maximum atomic E-state index is 13.0. The van der Waals surface area contributed by atoms with Gasteiger partial charge in [0.15, 0.2) is 11.5 Å². The van der Waals surface area contributed by atoms with E-state index >= 15 is 0 Å². The molecule has 28 heavy (non-hydrogen) atoms. The van der Waals surface area contributed by atoms with Gasteiger partial charge in [0, 0.05) is 12.6 Å². The summed E-state index contributed by atoms with van der Waals surface area (Å²) in [4.78, 5) is 14.4. The number of benzene rings is 2. The first-order valence-corrected chi connectivity index (χ1v) is 10.4. The lowest BCUT2D eigenvalue weighted by Crippen LogP contribution is -2.30. The molecule has 0 aliphatic carbocycles. The molecule has 2 aromatic rings. The summed E-state index contributed by atoms with van der Waals surface area (Å²) in [6.07, 6.45) is 0. The number of methoxy groups -OCH3 is 1. The van der Waals surface area contributed by atoms with Crippen LogP contribution >= 0.6 is 11.6 Å². The predicted octanol–water partition coefficient (Wildman–Crippen LogP) is 3.23. The fourth-order valence-corrected chi connectivity index (χ4v) is 3.52. The van der Waals surface area contributed by atoms with Crippen LogP contribution in [0.4, 0.5) is 0 Å². The van der Waals surface area contributed by atoms with Crippen LogP contribution in [0.1, 0.15) is 35.8 Å². The van der Waals surface area contributed by atoms with Gasteiger partial charge in [-0.1, -0.05) is 23.7 Å². The van der Waals surface area contributed by atoms with Crippen molar-refractivity contribution in [2.75, 3.05) is 20.8 Å². The number of amides is 1. The van der Waals surface area contributed by atoms with E-state index in [2.05, 4.69) is 0 Å². The van der Waals surface area contributed by atoms with E-state index in [0.29, 0.717) is 29.2 Å². The van der Waals surface area contributed by atoms with Crippen molar-refractivity contribution in [2.45, 2.75) is 24.8 Å². The molecule has 2 aromatic carbocycles. The van der Waals surface area contributed by atoms with Crippen LogP contribution in [0.15, 0.2) is 41.3 Å². The number of ether oxygens (including phenoxy) is 2. The van der Waals surface area contributed by atoms with E-state index in [1.807, 2.05) is 6.92 Å². The van der Waals surface area contributed by atoms with Gasteiger partial charge in [0.2, 0.25) is 10.0 Å². The molecule has 152 valence electrons. The maximum Gasteiger partial charge on any atom is 0.254 e. The van der Waals surface area contributed by atoms with Crippen LogP contribution in [-0.2, 0) is 10.0 Å². The van der Waals surface area contributed by atoms with Crippen LogP contribution in [0.3, 0.4) is 0 Å². The Morgan fingerprint density at radius 2 is 1.96 bits per heavy atom. The minimum absolute atomic E-state index is 0.0107. The van der Waals surface area contributed by atoms with Crippen molar-refractivity contribution in [1.29, 1.82) is 0 Å². The van der Waals surface area contributed by atoms with E-state index in [0.717, 1.165) is 0 Å². The van der Waals surface area contributed by atoms with E-state index < -0.39 is 16.1 Å². The Morgan fingerprint density at radius 3 is 2.54 bits per heavy atom. The summed E-state index contributed by atoms with van der Waals surface area (Å²) in [5, 5.41) is 5.46. The topological polar surface area (TPSA) is 98.9 Å². The van der Waals surface area contributed by atoms with Gasteiger partial charge in [-0.2, -0.15) is 0 Å². The first-order valence-electron chi connectivity index (χ1n) is 8.50. The molecule has 0 spiro atoms. The molecular formula is C19H23ClN2O5S. The summed E-state index contributed by atoms with van der Waals surface area (Å²) in [7, 11) is -0.749. The van der Waals surface area contributed by atoms with Gasteiger partial charge < -0.3 is 14.4 Å². The smallest absolute Gasteiger partial charge is 0.254 e. The fourth-order valence-electron chi connectivity index (χ4n) is 2.68. The number of hydrogen-bond donors (Lipinski definition) is 1. The lowest BCUT2D eigenvalue weighted by Gasteiger charge is -2.26. The minimum Gasteiger partial charge on any atom is -0.493 e. The van der Waals surface area contributed by atoms with Crippen molar-refractivity contribution in [3.8, 4) is 11.5 Å². The fraction of sp³-hybridized carbons (Fsp3) is 0.316. The number of nitrogens with two attached hydrogens (primary N) is 1. The highest BCUT2D eigenvalue weighted by Crippen LogP contribution is 2.37. The van der Waals surface area contributed by atoms with Gasteiger partial charge in [-0.15, -0.1) is 0 Å². The predicted molar refractivity (Wildman–Crippen MR) is 107 cm³/mol. The molecule has 7 nitrogen and oxygen atoms in total. The quantitative estimate of drug-likeness (QED) is 0.732. The summed E-state index contributed by atoms with van der Waals surface area (Å²) in [6.45, 7) is 4.01. The molecule has 1 amide bonds. The summed E-state index contributed by atoms with van der Waals surface area (Å²) < 4.78 is 33.9. The van der Waals surface area contributed by atoms with E-state index in [1.165, 1.54) is 30.2 Å². The maximum absolute atomic E-state index is 13.0. The second-order valence-electron chi connectivity index (χ2n) is 6.13. The van der Waals surface area contributed by atoms with Gasteiger partial charge in [-0.3, -0.25) is 4.79 Å². The average Bonchev–Trinajstić information content (AvgIpc) is 2.67. The monoisotopic (exact) mass is 426 g/mol. The zero-order valence-corrected chi connectivity index (χ0v) is 17.7. The number of halogens is 1. The van der Waals surface area contributed by atoms with Gasteiger partial charge >= 0.3 is 0 Å². The number of carbonyl (C=O) groups excluding carboxylic acids is 1. The molecule has 0 aliphatic rings. The first kappa shape index (κ1) is 22.0. The number of nitrogens with zero attached hydrogens (tertiary/aromatic N) is 1. The minimum atomic E-state index is -3.83. The molecule has 0 saturated heterocycles. The lowest BCUT2D eigenvalue weighted by molar-refractivity contribution is 0.0742. The third-order valence-corrected chi connectivity index (χ3v) is 5.53. The Bertz CT molecular complexity index is 978. The van der Waals surface area contributed by atoms with Crippen molar-refractivity contribution in [1.82, 2.24) is 4.90 Å². The summed E-state index contributed by atoms with van der Waals surface area (Å²) in [6, 6.07) is 8.84. The van der Waals surface area contributed by atoms with Crippen molar-refractivity contribution in [2.24, 2.45) is 5.14 Å². The Morgan fingerprint density at radius 1 is 1.29 bits per heavy atom. The second-order valence-corrected chi connectivity index (χ2v) is 8.10. The highest BCUT2D eigenvalue weighted by molar-refractivity contribution is 7.89. The Balaban J connectivity index is 2.35. The molecule has 2 N–H and O–H groups in total. The molecule has 0 heterocycles. The van der Waals surface area contributed by atoms with Crippen molar-refractivity contribution in [3.05, 3.63) is 52.5 Å². The van der Waals surface area contributed by atoms with E-state index in [1.54, 1.807) is 32.2 Å². The SMILES string of the molecule is CCOc1c(Cl)cc(C(=O)N(C)C(C)c2cccc(S(N)(=O)=O)c2)cc1OC. The highest BCUT2D eigenvalue weighted by Gasteiger charge is 2.23. The lowest BCUT2D eigenvalue weighted by atomic mass is 10.1. The molecule has 0 fully saturated rings. The Labute approximate surface area is 170 Å². The molecule has 0 bridgehead atoms. The van der Waals surface area contributed by atoms with Crippen molar-refractivity contribution < 1.29 is 22.7 Å². The normalized spacial score (nSPS) is 12.4. The molecule has 0 radical (unpaired) electrons. The largest absolute Gasteiger partial charge is 0.493 e. The average molecular weight is 427 g/mol. The van der Waals surface area contributed by atoms with Crippen LogP contribution in [0.5, 0.6) is 11.5 Å². The molecule has 9 heteroatoms. The molecule has 0 aromatic heterocycles. The molecule has 1 unspecified atom stereocenters. The van der Waals surface area contributed by atoms with Gasteiger partial charge in [0.25, 0.3) is 5.91 Å². The van der Waals surface area contributed by atoms with Crippen LogP contribution < -0.4 is 14.6 Å². The zero-order valence-electron chi connectivity index (χ0n) is 16.1. The molecule has 2 rings (SSSR count). The highest BCUT2D eigenvalue weighted by atomic mass is 35.5. The van der Waals surface area contributed by atoms with Gasteiger partial charge in [-0.25, -0.2) is 13.6 Å². The van der Waals surface area contributed by atoms with E-state index in [4.69, 9.17) is 26.2 Å². The van der Waals surface area contributed by atoms with Crippen molar-refractivity contribution >= 4 is 27.5 Å². The second kappa shape index (κ2) is 8.81. The van der Waals surface area contributed by atoms with E-state index in [-0.39, 0.29) is 15.8 Å². The van der Waals surface area contributed by atoms with E-state index in [9.17, 15) is 13.2 Å². The number of primary sulfonamides is 1. The van der Waals surface area contributed by atoms with Gasteiger partial charge in [0.1, 0.15) is 0 Å². The summed E-state index contributed by atoms with van der Waals surface area (Å²) >= 11 is 6.25. The number of carbonyl (C=O) groups is 1. The van der Waals surface area contributed by atoms with Crippen LogP contribution in [0.2, 0.25) is 5.02 Å². The van der Waals surface area contributed by atoms with Crippen LogP contribution in [0.25, 0.3) is 0 Å². The van der Waals surface area contributed by atoms with Crippen LogP contribution in [-0.4, -0.2) is 40.0 Å². The first-order chi connectivity index (χ1) is 13.1. The Kier molecular flexibility index (Phi) is 6.92. The summed E-state index contributed by atoms with van der Waals surface area (Å²) in [5.74, 6) is 0.423. The molecule has 0 aliphatic heterocycles. The number of hydrogen-bond acceptors (Lipinski definition) is 5. The van der Waals surface area contributed by atoms with Gasteiger partial charge in [-0.05, 0) is 43.7 Å². The Hall–Kier alpha value is -2.29. The van der Waals surface area contributed by atoms with Crippen LogP contribution in [0, 0.1) is 0 Å². The number of sulfonamides is 1. The third-order valence-electron chi connectivity index (χ3n) is 4.34. The third kappa shape index (κ3) is 4.76. The molecular weight excluding hydrogens is 404 g/mol. The van der Waals surface area contributed by atoms with Gasteiger partial charge in [0.05, 0.1) is 29.7 Å². The standard InChI is InChI=1S/C19H23ClN2O5S/c1-5-27-18-16(20)10-14(11-17(18)26-4)19(23)22(3)12(2)13-7-6-8-15(9-13)28(21,24)25/h6-12H,5H2,1-4H3,(H2,21,24,25). The zero-order chi connectivity index (χ0) is 21.1. The molecule has 0 saturated carbocycles.